The Kier molecular flexibility index (Phi) is 4.70. The Labute approximate surface area is 189 Å². The number of primary amides is 1. The number of ether oxygens (including phenoxy) is 1. The predicted octanol–water partition coefficient (Wildman–Crippen LogP) is 1.93. The Hall–Kier alpha value is -1.83. The molecule has 5 aliphatic carbocycles. The molecule has 1 heterocycles. The van der Waals surface area contributed by atoms with Gasteiger partial charge in [0.05, 0.1) is 5.60 Å². The number of nitrogens with one attached hydrogen (secondary N) is 1. The van der Waals surface area contributed by atoms with E-state index in [4.69, 9.17) is 10.5 Å². The summed E-state index contributed by atoms with van der Waals surface area (Å²) in [5.74, 6) is 0.613. The SMILES string of the molecule is C[C@H]1C2CC(C(N)=O)N(C(=O)C(NC(=O)OC(C)(C)C)C34CC5CC(CC(O)(C5)C3)C4)C21. The van der Waals surface area contributed by atoms with Crippen LogP contribution < -0.4 is 11.1 Å². The number of alkyl carbamates (subject to hydrolysis) is 1. The number of hydrogen-bond acceptors (Lipinski definition) is 5. The van der Waals surface area contributed by atoms with Crippen molar-refractivity contribution in [2.75, 3.05) is 0 Å². The van der Waals surface area contributed by atoms with Gasteiger partial charge in [-0.2, -0.15) is 0 Å². The zero-order chi connectivity index (χ0) is 23.2. The van der Waals surface area contributed by atoms with E-state index in [0.717, 1.165) is 32.1 Å². The average Bonchev–Trinajstić information content (AvgIpc) is 3.06. The first kappa shape index (κ1) is 22.0. The van der Waals surface area contributed by atoms with Crippen LogP contribution in [0.3, 0.4) is 0 Å². The third-order valence-corrected chi connectivity index (χ3v) is 8.84. The highest BCUT2D eigenvalue weighted by Gasteiger charge is 2.66. The lowest BCUT2D eigenvalue weighted by atomic mass is 9.46. The van der Waals surface area contributed by atoms with E-state index < -0.39 is 40.7 Å². The Balaban J connectivity index is 1.48. The molecule has 5 saturated carbocycles. The molecule has 7 atom stereocenters. The van der Waals surface area contributed by atoms with Crippen molar-refractivity contribution in [2.45, 2.75) is 102 Å². The molecule has 178 valence electrons. The first-order chi connectivity index (χ1) is 14.8. The van der Waals surface area contributed by atoms with E-state index in [1.165, 1.54) is 0 Å². The lowest BCUT2D eigenvalue weighted by Gasteiger charge is -2.62. The van der Waals surface area contributed by atoms with Gasteiger partial charge in [-0.05, 0) is 89.4 Å². The summed E-state index contributed by atoms with van der Waals surface area (Å²) < 4.78 is 5.53. The van der Waals surface area contributed by atoms with Crippen LogP contribution in [0, 0.1) is 29.1 Å². The fourth-order valence-corrected chi connectivity index (χ4v) is 8.14. The van der Waals surface area contributed by atoms with Crippen LogP contribution in [0.2, 0.25) is 0 Å². The van der Waals surface area contributed by atoms with Crippen molar-refractivity contribution >= 4 is 17.9 Å². The van der Waals surface area contributed by atoms with Crippen LogP contribution in [-0.4, -0.2) is 57.2 Å². The van der Waals surface area contributed by atoms with Crippen molar-refractivity contribution < 1.29 is 24.2 Å². The van der Waals surface area contributed by atoms with Gasteiger partial charge in [-0.25, -0.2) is 4.79 Å². The van der Waals surface area contributed by atoms with Crippen LogP contribution in [0.1, 0.15) is 72.6 Å². The molecule has 1 aliphatic heterocycles. The van der Waals surface area contributed by atoms with Crippen LogP contribution in [0.5, 0.6) is 0 Å². The molecule has 1 saturated heterocycles. The molecule has 6 rings (SSSR count). The zero-order valence-electron chi connectivity index (χ0n) is 19.6. The highest BCUT2D eigenvalue weighted by atomic mass is 16.6. The second-order valence-corrected chi connectivity index (χ2v) is 12.5. The predicted molar refractivity (Wildman–Crippen MR) is 116 cm³/mol. The third-order valence-electron chi connectivity index (χ3n) is 8.84. The molecule has 0 aromatic heterocycles. The molecule has 4 bridgehead atoms. The number of amides is 3. The van der Waals surface area contributed by atoms with E-state index in [-0.39, 0.29) is 11.9 Å². The second-order valence-electron chi connectivity index (χ2n) is 12.5. The quantitative estimate of drug-likeness (QED) is 0.608. The molecule has 3 amide bonds. The van der Waals surface area contributed by atoms with Gasteiger partial charge in [-0.1, -0.05) is 6.92 Å². The van der Waals surface area contributed by atoms with E-state index in [9.17, 15) is 19.5 Å². The molecule has 8 heteroatoms. The van der Waals surface area contributed by atoms with E-state index in [2.05, 4.69) is 12.2 Å². The van der Waals surface area contributed by atoms with Gasteiger partial charge in [-0.3, -0.25) is 9.59 Å². The van der Waals surface area contributed by atoms with Crippen molar-refractivity contribution in [3.05, 3.63) is 0 Å². The number of carbonyl (C=O) groups excluding carboxylic acids is 3. The molecule has 0 radical (unpaired) electrons. The number of nitrogens with two attached hydrogens (primary N) is 1. The third kappa shape index (κ3) is 3.49. The summed E-state index contributed by atoms with van der Waals surface area (Å²) >= 11 is 0. The van der Waals surface area contributed by atoms with E-state index in [1.807, 2.05) is 0 Å². The largest absolute Gasteiger partial charge is 0.444 e. The number of likely N-dealkylation sites (tertiary alicyclic amines) is 1. The van der Waals surface area contributed by atoms with Gasteiger partial charge in [0.2, 0.25) is 11.8 Å². The highest BCUT2D eigenvalue weighted by molar-refractivity contribution is 5.93. The number of nitrogens with zero attached hydrogens (tertiary/aromatic N) is 1. The minimum absolute atomic E-state index is 0.0000595. The van der Waals surface area contributed by atoms with E-state index in [0.29, 0.717) is 36.5 Å². The van der Waals surface area contributed by atoms with Gasteiger partial charge in [0.25, 0.3) is 0 Å². The topological polar surface area (TPSA) is 122 Å². The van der Waals surface area contributed by atoms with Gasteiger partial charge >= 0.3 is 6.09 Å². The van der Waals surface area contributed by atoms with Gasteiger partial charge in [0.15, 0.2) is 0 Å². The number of piperidine rings is 1. The molecule has 6 fully saturated rings. The van der Waals surface area contributed by atoms with Crippen LogP contribution in [-0.2, 0) is 14.3 Å². The number of rotatable bonds is 4. The summed E-state index contributed by atoms with van der Waals surface area (Å²) in [5.41, 5.74) is 3.69. The summed E-state index contributed by atoms with van der Waals surface area (Å²) in [6.45, 7) is 7.46. The van der Waals surface area contributed by atoms with E-state index in [1.54, 1.807) is 25.7 Å². The van der Waals surface area contributed by atoms with Gasteiger partial charge in [0, 0.05) is 11.5 Å². The van der Waals surface area contributed by atoms with Gasteiger partial charge < -0.3 is 25.8 Å². The molecular formula is C24H37N3O5. The minimum atomic E-state index is -0.830. The smallest absolute Gasteiger partial charge is 0.408 e. The molecule has 32 heavy (non-hydrogen) atoms. The summed E-state index contributed by atoms with van der Waals surface area (Å²) in [6.07, 6.45) is 4.68. The van der Waals surface area contributed by atoms with Crippen LogP contribution in [0.15, 0.2) is 0 Å². The normalized spacial score (nSPS) is 44.7. The molecule has 8 nitrogen and oxygen atoms in total. The second kappa shape index (κ2) is 6.84. The van der Waals surface area contributed by atoms with Crippen LogP contribution in [0.4, 0.5) is 4.79 Å². The minimum Gasteiger partial charge on any atom is -0.444 e. The molecule has 0 spiro atoms. The van der Waals surface area contributed by atoms with Gasteiger partial charge in [0.1, 0.15) is 17.7 Å². The summed E-state index contributed by atoms with van der Waals surface area (Å²) in [6, 6.07) is -1.46. The summed E-state index contributed by atoms with van der Waals surface area (Å²) in [7, 11) is 0. The number of aliphatic hydroxyl groups is 1. The van der Waals surface area contributed by atoms with E-state index >= 15 is 0 Å². The summed E-state index contributed by atoms with van der Waals surface area (Å²) in [5, 5.41) is 14.2. The molecule has 6 aliphatic rings. The maximum Gasteiger partial charge on any atom is 0.408 e. The van der Waals surface area contributed by atoms with Crippen LogP contribution >= 0.6 is 0 Å². The Bertz CT molecular complexity index is 837. The van der Waals surface area contributed by atoms with Crippen LogP contribution in [0.25, 0.3) is 0 Å². The fourth-order valence-electron chi connectivity index (χ4n) is 8.14. The number of hydrogen-bond donors (Lipinski definition) is 3. The number of carbonyl (C=O) groups is 3. The highest BCUT2D eigenvalue weighted by Crippen LogP contribution is 2.63. The monoisotopic (exact) mass is 447 g/mol. The molecule has 6 unspecified atom stereocenters. The van der Waals surface area contributed by atoms with Gasteiger partial charge in [-0.15, -0.1) is 0 Å². The number of fused-ring (bicyclic) bond motifs is 1. The fraction of sp³-hybridized carbons (Fsp3) is 0.875. The van der Waals surface area contributed by atoms with Crippen molar-refractivity contribution in [2.24, 2.45) is 34.8 Å². The maximum atomic E-state index is 14.1. The molecule has 0 aromatic carbocycles. The first-order valence-electron chi connectivity index (χ1n) is 12.1. The molecule has 0 aromatic rings. The zero-order valence-corrected chi connectivity index (χ0v) is 19.6. The first-order valence-corrected chi connectivity index (χ1v) is 12.1. The maximum absolute atomic E-state index is 14.1. The Morgan fingerprint density at radius 1 is 1.12 bits per heavy atom. The standard InChI is InChI=1S/C24H37N3O5/c1-12-15-6-16(19(25)28)27(17(12)15)20(29)18(26-21(30)32-22(2,3)4)23-7-13-5-14(8-23)10-24(31,9-13)11-23/h12-18,31H,5-11H2,1-4H3,(H2,25,28)(H,26,30)/t12-,13?,14?,15?,16?,17?,18?,23?,24?/m0/s1. The van der Waals surface area contributed by atoms with Crippen molar-refractivity contribution in [3.8, 4) is 0 Å². The Morgan fingerprint density at radius 2 is 1.75 bits per heavy atom. The Morgan fingerprint density at radius 3 is 2.28 bits per heavy atom. The molecule has 4 N–H and O–H groups in total. The lowest BCUT2D eigenvalue weighted by Crippen LogP contribution is -2.67. The van der Waals surface area contributed by atoms with Crippen molar-refractivity contribution in [3.63, 3.8) is 0 Å². The lowest BCUT2D eigenvalue weighted by molar-refractivity contribution is -0.181. The van der Waals surface area contributed by atoms with Crippen molar-refractivity contribution in [1.29, 1.82) is 0 Å². The average molecular weight is 448 g/mol. The van der Waals surface area contributed by atoms with Crippen molar-refractivity contribution in [1.82, 2.24) is 10.2 Å². The molecular weight excluding hydrogens is 410 g/mol. The summed E-state index contributed by atoms with van der Waals surface area (Å²) in [4.78, 5) is 40.9.